The van der Waals surface area contributed by atoms with Crippen molar-refractivity contribution < 1.29 is 14.7 Å². The number of carboxylic acid groups (broad SMARTS) is 1. The van der Waals surface area contributed by atoms with Crippen LogP contribution in [0.3, 0.4) is 0 Å². The number of carboxylic acids is 1. The van der Waals surface area contributed by atoms with E-state index >= 15 is 0 Å². The first kappa shape index (κ1) is 14.1. The third-order valence-electron chi connectivity index (χ3n) is 2.64. The predicted molar refractivity (Wildman–Crippen MR) is 72.9 cm³/mol. The van der Waals surface area contributed by atoms with Crippen LogP contribution in [0.25, 0.3) is 4.85 Å². The summed E-state index contributed by atoms with van der Waals surface area (Å²) in [5.74, 6) is -1.71. The molecule has 0 saturated heterocycles. The Kier molecular flexibility index (Phi) is 4.21. The minimum Gasteiger partial charge on any atom is -0.477 e. The number of amides is 1. The van der Waals surface area contributed by atoms with Crippen LogP contribution < -0.4 is 5.32 Å². The molecule has 0 fully saturated rings. The number of aromatic nitrogens is 2. The molecule has 0 unspecified atom stereocenters. The molecule has 1 aromatic heterocycles. The summed E-state index contributed by atoms with van der Waals surface area (Å²) in [5, 5.41) is 11.4. The molecule has 2 N–H and O–H groups in total. The Morgan fingerprint density at radius 1 is 1.19 bits per heavy atom. The van der Waals surface area contributed by atoms with E-state index in [0.717, 1.165) is 18.0 Å². The normalized spacial score (nSPS) is 9.67. The highest BCUT2D eigenvalue weighted by atomic mass is 16.4. The number of rotatable bonds is 4. The topological polar surface area (TPSA) is 96.5 Å². The molecule has 0 aliphatic carbocycles. The maximum atomic E-state index is 11.9. The standard InChI is InChI=1S/C14H10N4O3/c1-15-10-4-2-9(3-5-10)7-16-13(19)11-6-12(14(20)21)18-8-17-11/h2-6,8H,7H2,(H,16,19)(H,20,21). The molecule has 0 aliphatic rings. The Labute approximate surface area is 120 Å². The van der Waals surface area contributed by atoms with Crippen LogP contribution in [0.1, 0.15) is 26.5 Å². The molecule has 2 rings (SSSR count). The van der Waals surface area contributed by atoms with Crippen molar-refractivity contribution in [3.05, 3.63) is 65.0 Å². The number of aromatic carboxylic acids is 1. The fourth-order valence-corrected chi connectivity index (χ4v) is 1.56. The van der Waals surface area contributed by atoms with E-state index in [2.05, 4.69) is 20.1 Å². The summed E-state index contributed by atoms with van der Waals surface area (Å²) in [6.45, 7) is 7.10. The molecule has 1 heterocycles. The van der Waals surface area contributed by atoms with Crippen molar-refractivity contribution in [1.82, 2.24) is 15.3 Å². The molecule has 7 heteroatoms. The van der Waals surface area contributed by atoms with Crippen LogP contribution in [0.2, 0.25) is 0 Å². The van der Waals surface area contributed by atoms with Crippen LogP contribution >= 0.6 is 0 Å². The molecule has 0 radical (unpaired) electrons. The molecule has 0 aliphatic heterocycles. The Hall–Kier alpha value is -3.27. The average Bonchev–Trinajstić information content (AvgIpc) is 2.53. The van der Waals surface area contributed by atoms with E-state index in [9.17, 15) is 9.59 Å². The summed E-state index contributed by atoms with van der Waals surface area (Å²) in [6, 6.07) is 7.88. The van der Waals surface area contributed by atoms with Crippen molar-refractivity contribution in [2.75, 3.05) is 0 Å². The minimum absolute atomic E-state index is 0.0137. The SMILES string of the molecule is [C-]#[N+]c1ccc(CNC(=O)c2cc(C(=O)O)ncn2)cc1. The number of benzene rings is 1. The fraction of sp³-hybridized carbons (Fsp3) is 0.0714. The van der Waals surface area contributed by atoms with Gasteiger partial charge >= 0.3 is 5.97 Å². The van der Waals surface area contributed by atoms with Gasteiger partial charge in [-0.25, -0.2) is 19.6 Å². The Balaban J connectivity index is 2.02. The minimum atomic E-state index is -1.22. The highest BCUT2D eigenvalue weighted by molar-refractivity contribution is 5.94. The van der Waals surface area contributed by atoms with Gasteiger partial charge in [0.1, 0.15) is 12.0 Å². The fourth-order valence-electron chi connectivity index (χ4n) is 1.56. The smallest absolute Gasteiger partial charge is 0.354 e. The largest absolute Gasteiger partial charge is 0.477 e. The molecule has 0 atom stereocenters. The van der Waals surface area contributed by atoms with Crippen molar-refractivity contribution in [3.63, 3.8) is 0 Å². The second kappa shape index (κ2) is 6.25. The number of nitrogens with zero attached hydrogens (tertiary/aromatic N) is 3. The van der Waals surface area contributed by atoms with Crippen LogP contribution in [-0.4, -0.2) is 27.0 Å². The summed E-state index contributed by atoms with van der Waals surface area (Å²) < 4.78 is 0. The van der Waals surface area contributed by atoms with E-state index in [4.69, 9.17) is 11.7 Å². The van der Waals surface area contributed by atoms with Gasteiger partial charge in [0.15, 0.2) is 11.4 Å². The van der Waals surface area contributed by atoms with Gasteiger partial charge in [-0.2, -0.15) is 0 Å². The van der Waals surface area contributed by atoms with Crippen molar-refractivity contribution in [1.29, 1.82) is 0 Å². The lowest BCUT2D eigenvalue weighted by Gasteiger charge is -2.05. The Bertz CT molecular complexity index is 720. The van der Waals surface area contributed by atoms with E-state index in [0.29, 0.717) is 5.69 Å². The summed E-state index contributed by atoms with van der Waals surface area (Å²) in [6.07, 6.45) is 1.03. The van der Waals surface area contributed by atoms with E-state index in [-0.39, 0.29) is 17.9 Å². The number of carbonyl (C=O) groups excluding carboxylic acids is 1. The van der Waals surface area contributed by atoms with E-state index in [1.165, 1.54) is 0 Å². The van der Waals surface area contributed by atoms with Gasteiger partial charge in [-0.3, -0.25) is 4.79 Å². The summed E-state index contributed by atoms with van der Waals surface area (Å²) >= 11 is 0. The van der Waals surface area contributed by atoms with Crippen molar-refractivity contribution in [3.8, 4) is 0 Å². The van der Waals surface area contributed by atoms with Crippen LogP contribution in [0.15, 0.2) is 36.7 Å². The van der Waals surface area contributed by atoms with Crippen LogP contribution in [0, 0.1) is 6.57 Å². The lowest BCUT2D eigenvalue weighted by atomic mass is 10.2. The van der Waals surface area contributed by atoms with Crippen molar-refractivity contribution in [2.45, 2.75) is 6.54 Å². The average molecular weight is 282 g/mol. The summed E-state index contributed by atoms with van der Waals surface area (Å²) in [4.78, 5) is 33.2. The van der Waals surface area contributed by atoms with E-state index in [1.807, 2.05) is 0 Å². The Morgan fingerprint density at radius 3 is 2.48 bits per heavy atom. The van der Waals surface area contributed by atoms with E-state index < -0.39 is 11.9 Å². The quantitative estimate of drug-likeness (QED) is 0.831. The third-order valence-corrected chi connectivity index (χ3v) is 2.64. The molecular formula is C14H10N4O3. The first-order valence-electron chi connectivity index (χ1n) is 5.90. The number of hydrogen-bond donors (Lipinski definition) is 2. The maximum Gasteiger partial charge on any atom is 0.354 e. The number of carbonyl (C=O) groups is 2. The van der Waals surface area contributed by atoms with Gasteiger partial charge < -0.3 is 10.4 Å². The molecular weight excluding hydrogens is 272 g/mol. The molecule has 104 valence electrons. The van der Waals surface area contributed by atoms with Crippen LogP contribution in [-0.2, 0) is 6.54 Å². The van der Waals surface area contributed by atoms with Gasteiger partial charge in [0, 0.05) is 12.6 Å². The second-order valence-corrected chi connectivity index (χ2v) is 4.05. The number of nitrogens with one attached hydrogen (secondary N) is 1. The first-order chi connectivity index (χ1) is 10.1. The van der Waals surface area contributed by atoms with Crippen molar-refractivity contribution in [2.24, 2.45) is 0 Å². The highest BCUT2D eigenvalue weighted by Crippen LogP contribution is 2.12. The third kappa shape index (κ3) is 3.61. The lowest BCUT2D eigenvalue weighted by Crippen LogP contribution is -2.24. The number of hydrogen-bond acceptors (Lipinski definition) is 4. The Morgan fingerprint density at radius 2 is 1.86 bits per heavy atom. The van der Waals surface area contributed by atoms with Crippen LogP contribution in [0.4, 0.5) is 5.69 Å². The van der Waals surface area contributed by atoms with Crippen molar-refractivity contribution >= 4 is 17.6 Å². The molecule has 1 aromatic carbocycles. The highest BCUT2D eigenvalue weighted by Gasteiger charge is 2.11. The van der Waals surface area contributed by atoms with Gasteiger partial charge in [0.05, 0.1) is 6.57 Å². The molecule has 0 saturated carbocycles. The van der Waals surface area contributed by atoms with E-state index in [1.54, 1.807) is 24.3 Å². The monoisotopic (exact) mass is 282 g/mol. The van der Waals surface area contributed by atoms with Gasteiger partial charge in [-0.15, -0.1) is 0 Å². The molecule has 0 spiro atoms. The zero-order valence-electron chi connectivity index (χ0n) is 10.8. The lowest BCUT2D eigenvalue weighted by molar-refractivity contribution is 0.0690. The first-order valence-corrected chi connectivity index (χ1v) is 5.90. The van der Waals surface area contributed by atoms with Crippen LogP contribution in [0.5, 0.6) is 0 Å². The molecule has 21 heavy (non-hydrogen) atoms. The zero-order chi connectivity index (χ0) is 15.2. The molecule has 1 amide bonds. The second-order valence-electron chi connectivity index (χ2n) is 4.05. The molecule has 0 bridgehead atoms. The van der Waals surface area contributed by atoms with Gasteiger partial charge in [0.2, 0.25) is 0 Å². The molecule has 2 aromatic rings. The maximum absolute atomic E-state index is 11.9. The summed E-state index contributed by atoms with van der Waals surface area (Å²) in [5.41, 5.74) is 1.09. The molecule has 7 nitrogen and oxygen atoms in total. The zero-order valence-corrected chi connectivity index (χ0v) is 10.8. The summed E-state index contributed by atoms with van der Waals surface area (Å²) in [7, 11) is 0. The van der Waals surface area contributed by atoms with Gasteiger partial charge in [-0.1, -0.05) is 24.3 Å². The van der Waals surface area contributed by atoms with Gasteiger partial charge in [0.25, 0.3) is 5.91 Å². The predicted octanol–water partition coefficient (Wildman–Crippen LogP) is 1.66. The van der Waals surface area contributed by atoms with Gasteiger partial charge in [-0.05, 0) is 5.56 Å².